The van der Waals surface area contributed by atoms with Crippen LogP contribution in [0.1, 0.15) is 25.2 Å². The van der Waals surface area contributed by atoms with Gasteiger partial charge in [-0.2, -0.15) is 0 Å². The predicted molar refractivity (Wildman–Crippen MR) is 93.9 cm³/mol. The van der Waals surface area contributed by atoms with Crippen molar-refractivity contribution in [3.8, 4) is 5.88 Å². The number of amides is 1. The molecule has 1 aromatic carbocycles. The van der Waals surface area contributed by atoms with E-state index in [4.69, 9.17) is 4.74 Å². The van der Waals surface area contributed by atoms with Gasteiger partial charge in [-0.15, -0.1) is 10.2 Å². The number of carbonyl (C=O) groups is 1. The molecule has 3 rings (SSSR count). The Balaban J connectivity index is 1.71. The zero-order valence-electron chi connectivity index (χ0n) is 14.1. The van der Waals surface area contributed by atoms with Crippen LogP contribution in [-0.4, -0.2) is 32.1 Å². The van der Waals surface area contributed by atoms with Crippen LogP contribution < -0.4 is 10.1 Å². The normalized spacial score (nSPS) is 11.5. The molecule has 0 saturated heterocycles. The van der Waals surface area contributed by atoms with Gasteiger partial charge < -0.3 is 10.1 Å². The summed E-state index contributed by atoms with van der Waals surface area (Å²) in [5.41, 5.74) is 2.14. The molecule has 0 unspecified atom stereocenters. The first-order chi connectivity index (χ1) is 12.2. The maximum Gasteiger partial charge on any atom is 0.260 e. The van der Waals surface area contributed by atoms with Gasteiger partial charge in [-0.3, -0.25) is 9.20 Å². The van der Waals surface area contributed by atoms with E-state index in [1.807, 2.05) is 43.3 Å². The summed E-state index contributed by atoms with van der Waals surface area (Å²) in [5.74, 6) is 0.883. The van der Waals surface area contributed by atoms with Crippen molar-refractivity contribution >= 4 is 17.6 Å². The molecule has 1 N–H and O–H groups in total. The molecular weight excluding hydrogens is 318 g/mol. The number of nitrogens with zero attached hydrogens (tertiary/aromatic N) is 4. The van der Waals surface area contributed by atoms with E-state index < -0.39 is 0 Å². The molecule has 0 aliphatic heterocycles. The number of benzene rings is 1. The molecule has 0 aliphatic rings. The van der Waals surface area contributed by atoms with Crippen molar-refractivity contribution in [1.82, 2.24) is 24.9 Å². The summed E-state index contributed by atoms with van der Waals surface area (Å²) < 4.78 is 7.19. The molecule has 0 aliphatic carbocycles. The first kappa shape index (κ1) is 16.6. The van der Waals surface area contributed by atoms with Gasteiger partial charge in [0.25, 0.3) is 5.88 Å². The number of hydrogen-bond donors (Lipinski definition) is 1. The predicted octanol–water partition coefficient (Wildman–Crippen LogP) is 2.24. The van der Waals surface area contributed by atoms with Crippen LogP contribution in [0.5, 0.6) is 5.88 Å². The highest BCUT2D eigenvalue weighted by molar-refractivity contribution is 5.97. The second-order valence-corrected chi connectivity index (χ2v) is 5.40. The second kappa shape index (κ2) is 7.57. The molecule has 0 spiro atoms. The summed E-state index contributed by atoms with van der Waals surface area (Å²) in [6, 6.07) is 9.71. The average Bonchev–Trinajstić information content (AvgIpc) is 3.05. The summed E-state index contributed by atoms with van der Waals surface area (Å²) in [5, 5.41) is 11.1. The van der Waals surface area contributed by atoms with Crippen molar-refractivity contribution < 1.29 is 9.53 Å². The molecule has 0 saturated carbocycles. The topological polar surface area (TPSA) is 81.4 Å². The number of carbonyl (C=O) groups excluding carboxylic acids is 1. The van der Waals surface area contributed by atoms with Gasteiger partial charge in [0.15, 0.2) is 5.82 Å². The highest BCUT2D eigenvalue weighted by atomic mass is 16.5. The number of fused-ring (bicyclic) bond motifs is 1. The molecule has 2 heterocycles. The lowest BCUT2D eigenvalue weighted by atomic mass is 10.1. The molecule has 3 aromatic rings. The smallest absolute Gasteiger partial charge is 0.260 e. The molecule has 0 bridgehead atoms. The molecule has 0 fully saturated rings. The average molecular weight is 337 g/mol. The van der Waals surface area contributed by atoms with Crippen molar-refractivity contribution in [2.75, 3.05) is 6.61 Å². The number of nitrogens with one attached hydrogen (secondary N) is 1. The van der Waals surface area contributed by atoms with Gasteiger partial charge in [0, 0.05) is 18.0 Å². The molecule has 7 heteroatoms. The Bertz CT molecular complexity index is 902. The Labute approximate surface area is 145 Å². The number of hydrogen-bond acceptors (Lipinski definition) is 5. The van der Waals surface area contributed by atoms with Crippen molar-refractivity contribution in [2.24, 2.45) is 0 Å². The van der Waals surface area contributed by atoms with Crippen LogP contribution in [-0.2, 0) is 11.3 Å². The van der Waals surface area contributed by atoms with Crippen molar-refractivity contribution in [2.45, 2.75) is 20.4 Å². The van der Waals surface area contributed by atoms with Gasteiger partial charge >= 0.3 is 0 Å². The summed E-state index contributed by atoms with van der Waals surface area (Å²) >= 11 is 0. The van der Waals surface area contributed by atoms with Gasteiger partial charge in [-0.1, -0.05) is 30.3 Å². The van der Waals surface area contributed by atoms with Gasteiger partial charge in [-0.05, 0) is 25.5 Å². The molecular formula is C18H19N5O2. The molecule has 0 atom stereocenters. The third kappa shape index (κ3) is 3.82. The van der Waals surface area contributed by atoms with E-state index in [0.29, 0.717) is 29.5 Å². The zero-order chi connectivity index (χ0) is 17.6. The minimum atomic E-state index is -0.153. The molecule has 2 aromatic heterocycles. The fraction of sp³-hybridized carbons (Fsp3) is 0.222. The van der Waals surface area contributed by atoms with Crippen molar-refractivity contribution in [3.63, 3.8) is 0 Å². The molecule has 7 nitrogen and oxygen atoms in total. The third-order valence-corrected chi connectivity index (χ3v) is 3.59. The van der Waals surface area contributed by atoms with Crippen LogP contribution in [0.2, 0.25) is 0 Å². The Kier molecular flexibility index (Phi) is 5.03. The van der Waals surface area contributed by atoms with Crippen LogP contribution >= 0.6 is 0 Å². The molecule has 25 heavy (non-hydrogen) atoms. The van der Waals surface area contributed by atoms with E-state index in [1.54, 1.807) is 23.7 Å². The number of aromatic nitrogens is 4. The molecule has 1 amide bonds. The first-order valence-electron chi connectivity index (χ1n) is 8.02. The highest BCUT2D eigenvalue weighted by Crippen LogP contribution is 2.14. The van der Waals surface area contributed by atoms with Gasteiger partial charge in [0.1, 0.15) is 0 Å². The van der Waals surface area contributed by atoms with Crippen LogP contribution in [0.4, 0.5) is 0 Å². The highest BCUT2D eigenvalue weighted by Gasteiger charge is 2.12. The standard InChI is InChI=1S/C18H19N5O2/c1-3-25-18-16-22-21-15(23(16)10-9-19-18)12-20-17(24)13(2)11-14-7-5-4-6-8-14/h4-11H,3,12H2,1-2H3,(H,20,24)/b13-11+. The summed E-state index contributed by atoms with van der Waals surface area (Å²) in [6.07, 6.45) is 5.20. The Hall–Kier alpha value is -3.22. The lowest BCUT2D eigenvalue weighted by Crippen LogP contribution is -2.24. The minimum Gasteiger partial charge on any atom is -0.475 e. The summed E-state index contributed by atoms with van der Waals surface area (Å²) in [6.45, 7) is 4.41. The first-order valence-corrected chi connectivity index (χ1v) is 8.02. The summed E-state index contributed by atoms with van der Waals surface area (Å²) in [7, 11) is 0. The van der Waals surface area contributed by atoms with E-state index in [9.17, 15) is 4.79 Å². The Morgan fingerprint density at radius 2 is 2.08 bits per heavy atom. The Morgan fingerprint density at radius 1 is 1.28 bits per heavy atom. The van der Waals surface area contributed by atoms with Gasteiger partial charge in [-0.25, -0.2) is 4.98 Å². The maximum atomic E-state index is 12.3. The fourth-order valence-electron chi connectivity index (χ4n) is 2.37. The maximum absolute atomic E-state index is 12.3. The van der Waals surface area contributed by atoms with Crippen molar-refractivity contribution in [3.05, 3.63) is 59.7 Å². The second-order valence-electron chi connectivity index (χ2n) is 5.40. The summed E-state index contributed by atoms with van der Waals surface area (Å²) in [4.78, 5) is 16.4. The van der Waals surface area contributed by atoms with Crippen LogP contribution in [0.3, 0.4) is 0 Å². The van der Waals surface area contributed by atoms with E-state index >= 15 is 0 Å². The van der Waals surface area contributed by atoms with Gasteiger partial charge in [0.05, 0.1) is 13.2 Å². The van der Waals surface area contributed by atoms with E-state index in [1.165, 1.54) is 0 Å². The van der Waals surface area contributed by atoms with Crippen LogP contribution in [0.25, 0.3) is 11.7 Å². The Morgan fingerprint density at radius 3 is 2.84 bits per heavy atom. The third-order valence-electron chi connectivity index (χ3n) is 3.59. The van der Waals surface area contributed by atoms with Crippen molar-refractivity contribution in [1.29, 1.82) is 0 Å². The monoisotopic (exact) mass is 337 g/mol. The van der Waals surface area contributed by atoms with E-state index in [2.05, 4.69) is 20.5 Å². The zero-order valence-corrected chi connectivity index (χ0v) is 14.1. The number of rotatable bonds is 6. The van der Waals surface area contributed by atoms with Crippen LogP contribution in [0.15, 0.2) is 48.3 Å². The fourth-order valence-corrected chi connectivity index (χ4v) is 2.37. The van der Waals surface area contributed by atoms with E-state index in [-0.39, 0.29) is 12.5 Å². The van der Waals surface area contributed by atoms with Gasteiger partial charge in [0.2, 0.25) is 11.6 Å². The SMILES string of the molecule is CCOc1nccn2c(CNC(=O)/C(C)=C/c3ccccc3)nnc12. The lowest BCUT2D eigenvalue weighted by Gasteiger charge is -2.06. The quantitative estimate of drug-likeness (QED) is 0.698. The molecule has 0 radical (unpaired) electrons. The lowest BCUT2D eigenvalue weighted by molar-refractivity contribution is -0.117. The van der Waals surface area contributed by atoms with E-state index in [0.717, 1.165) is 5.56 Å². The molecule has 128 valence electrons. The number of ether oxygens (including phenoxy) is 1. The minimum absolute atomic E-state index is 0.153. The largest absolute Gasteiger partial charge is 0.475 e. The van der Waals surface area contributed by atoms with Crippen LogP contribution in [0, 0.1) is 0 Å².